The van der Waals surface area contributed by atoms with E-state index in [9.17, 15) is 4.79 Å². The molecule has 0 radical (unpaired) electrons. The second-order valence-corrected chi connectivity index (χ2v) is 4.83. The average Bonchev–Trinajstić information content (AvgIpc) is 2.33. The minimum atomic E-state index is -0.403. The molecule has 4 nitrogen and oxygen atoms in total. The van der Waals surface area contributed by atoms with E-state index in [1.807, 2.05) is 0 Å². The first-order chi connectivity index (χ1) is 8.97. The molecule has 0 saturated heterocycles. The largest absolute Gasteiger partial charge is 0.384 e. The molecule has 98 valence electrons. The van der Waals surface area contributed by atoms with E-state index in [0.717, 1.165) is 0 Å². The number of pyridine rings is 1. The number of hydrogen-bond acceptors (Lipinski definition) is 3. The van der Waals surface area contributed by atoms with Crippen molar-refractivity contribution in [1.29, 1.82) is 0 Å². The summed E-state index contributed by atoms with van der Waals surface area (Å²) < 4.78 is 0. The molecule has 0 atom stereocenters. The lowest BCUT2D eigenvalue weighted by Crippen LogP contribution is -2.13. The molecule has 1 aromatic carbocycles. The molecule has 19 heavy (non-hydrogen) atoms. The summed E-state index contributed by atoms with van der Waals surface area (Å²) in [4.78, 5) is 15.8. The highest BCUT2D eigenvalue weighted by molar-refractivity contribution is 6.44. The van der Waals surface area contributed by atoms with Crippen LogP contribution in [0, 0.1) is 0 Å². The Hall–Kier alpha value is -1.49. The summed E-state index contributed by atoms with van der Waals surface area (Å²) >= 11 is 17.6. The van der Waals surface area contributed by atoms with Crippen LogP contribution in [0.1, 0.15) is 10.4 Å². The summed E-state index contributed by atoms with van der Waals surface area (Å²) in [6.45, 7) is 0. The summed E-state index contributed by atoms with van der Waals surface area (Å²) in [5.74, 6) is -0.241. The normalized spacial score (nSPS) is 10.3. The summed E-state index contributed by atoms with van der Waals surface area (Å²) in [7, 11) is 0. The highest BCUT2D eigenvalue weighted by Crippen LogP contribution is 2.29. The predicted octanol–water partition coefficient (Wildman–Crippen LogP) is 3.88. The first-order valence-corrected chi connectivity index (χ1v) is 6.29. The Kier molecular flexibility index (Phi) is 4.14. The van der Waals surface area contributed by atoms with Gasteiger partial charge in [0.05, 0.1) is 15.7 Å². The number of carbonyl (C=O) groups excluding carboxylic acids is 1. The lowest BCUT2D eigenvalue weighted by atomic mass is 10.2. The number of nitrogens with one attached hydrogen (secondary N) is 1. The van der Waals surface area contributed by atoms with Crippen LogP contribution in [-0.4, -0.2) is 10.9 Å². The Labute approximate surface area is 124 Å². The molecule has 3 N–H and O–H groups in total. The Bertz CT molecular complexity index is 626. The number of rotatable bonds is 2. The van der Waals surface area contributed by atoms with Gasteiger partial charge in [0.2, 0.25) is 0 Å². The molecule has 7 heteroatoms. The molecule has 0 bridgehead atoms. The molecule has 1 heterocycles. The maximum absolute atomic E-state index is 12.0. The second-order valence-electron chi connectivity index (χ2n) is 3.66. The third-order valence-corrected chi connectivity index (χ3v) is 3.29. The van der Waals surface area contributed by atoms with Crippen molar-refractivity contribution >= 4 is 52.2 Å². The van der Waals surface area contributed by atoms with Gasteiger partial charge in [-0.2, -0.15) is 0 Å². The number of nitrogens with two attached hydrogens (primary N) is 1. The van der Waals surface area contributed by atoms with Gasteiger partial charge in [0.1, 0.15) is 11.0 Å². The summed E-state index contributed by atoms with van der Waals surface area (Å²) in [6.07, 6.45) is 0. The zero-order valence-electron chi connectivity index (χ0n) is 9.45. The SMILES string of the molecule is Nc1cc(C(=O)Nc2cccc(Cl)c2Cl)cc(Cl)n1. The van der Waals surface area contributed by atoms with Crippen LogP contribution in [0.3, 0.4) is 0 Å². The van der Waals surface area contributed by atoms with Crippen molar-refractivity contribution in [3.8, 4) is 0 Å². The van der Waals surface area contributed by atoms with Gasteiger partial charge >= 0.3 is 0 Å². The van der Waals surface area contributed by atoms with Gasteiger partial charge in [-0.1, -0.05) is 40.9 Å². The number of carbonyl (C=O) groups is 1. The average molecular weight is 317 g/mol. The fraction of sp³-hybridized carbons (Fsp3) is 0. The zero-order valence-corrected chi connectivity index (χ0v) is 11.7. The van der Waals surface area contributed by atoms with Gasteiger partial charge < -0.3 is 11.1 Å². The van der Waals surface area contributed by atoms with Crippen LogP contribution in [-0.2, 0) is 0 Å². The molecule has 0 spiro atoms. The quantitative estimate of drug-likeness (QED) is 0.826. The lowest BCUT2D eigenvalue weighted by molar-refractivity contribution is 0.102. The minimum absolute atomic E-state index is 0.141. The van der Waals surface area contributed by atoms with Crippen molar-refractivity contribution in [2.45, 2.75) is 0 Å². The van der Waals surface area contributed by atoms with Crippen molar-refractivity contribution in [3.05, 3.63) is 51.1 Å². The molecule has 1 amide bonds. The lowest BCUT2D eigenvalue weighted by Gasteiger charge is -2.08. The molecule has 2 rings (SSSR count). The molecule has 2 aromatic rings. The van der Waals surface area contributed by atoms with E-state index in [-0.39, 0.29) is 21.6 Å². The van der Waals surface area contributed by atoms with Gasteiger partial charge in [-0.3, -0.25) is 4.79 Å². The van der Waals surface area contributed by atoms with Crippen LogP contribution in [0.2, 0.25) is 15.2 Å². The fourth-order valence-electron chi connectivity index (χ4n) is 1.44. The third kappa shape index (κ3) is 3.29. The number of amides is 1. The Morgan fingerprint density at radius 2 is 1.95 bits per heavy atom. The zero-order chi connectivity index (χ0) is 14.0. The molecule has 0 aliphatic heterocycles. The fourth-order valence-corrected chi connectivity index (χ4v) is 2.01. The van der Waals surface area contributed by atoms with E-state index in [2.05, 4.69) is 10.3 Å². The van der Waals surface area contributed by atoms with E-state index in [4.69, 9.17) is 40.5 Å². The van der Waals surface area contributed by atoms with Gasteiger partial charge in [-0.05, 0) is 24.3 Å². The third-order valence-electron chi connectivity index (χ3n) is 2.28. The molecule has 1 aromatic heterocycles. The molecule has 0 fully saturated rings. The molecule has 0 unspecified atom stereocenters. The molecule has 0 aliphatic rings. The van der Waals surface area contributed by atoms with E-state index < -0.39 is 5.91 Å². The van der Waals surface area contributed by atoms with Crippen molar-refractivity contribution in [2.24, 2.45) is 0 Å². The van der Waals surface area contributed by atoms with Crippen LogP contribution in [0.4, 0.5) is 11.5 Å². The number of benzene rings is 1. The van der Waals surface area contributed by atoms with Crippen molar-refractivity contribution in [1.82, 2.24) is 4.98 Å². The van der Waals surface area contributed by atoms with Crippen molar-refractivity contribution in [2.75, 3.05) is 11.1 Å². The Balaban J connectivity index is 2.28. The number of halogens is 3. The maximum Gasteiger partial charge on any atom is 0.255 e. The van der Waals surface area contributed by atoms with E-state index >= 15 is 0 Å². The van der Waals surface area contributed by atoms with Crippen LogP contribution < -0.4 is 11.1 Å². The number of nitrogen functional groups attached to an aromatic ring is 1. The standard InChI is InChI=1S/C12H8Cl3N3O/c13-7-2-1-3-8(11(7)15)17-12(19)6-4-9(14)18-10(16)5-6/h1-5H,(H2,16,18)(H,17,19). The topological polar surface area (TPSA) is 68.0 Å². The molecule has 0 saturated carbocycles. The second kappa shape index (κ2) is 5.65. The van der Waals surface area contributed by atoms with Crippen LogP contribution >= 0.6 is 34.8 Å². The van der Waals surface area contributed by atoms with Crippen LogP contribution in [0.15, 0.2) is 30.3 Å². The van der Waals surface area contributed by atoms with Crippen LogP contribution in [0.25, 0.3) is 0 Å². The molecular formula is C12H8Cl3N3O. The van der Waals surface area contributed by atoms with Crippen molar-refractivity contribution < 1.29 is 4.79 Å². The number of hydrogen-bond donors (Lipinski definition) is 2. The van der Waals surface area contributed by atoms with Crippen molar-refractivity contribution in [3.63, 3.8) is 0 Å². The number of aromatic nitrogens is 1. The first-order valence-electron chi connectivity index (χ1n) is 5.16. The minimum Gasteiger partial charge on any atom is -0.384 e. The summed E-state index contributed by atoms with van der Waals surface area (Å²) in [5, 5.41) is 3.39. The monoisotopic (exact) mass is 315 g/mol. The van der Waals surface area contributed by atoms with E-state index in [1.165, 1.54) is 12.1 Å². The van der Waals surface area contributed by atoms with Crippen LogP contribution in [0.5, 0.6) is 0 Å². The molecule has 0 aliphatic carbocycles. The first kappa shape index (κ1) is 13.9. The number of nitrogens with zero attached hydrogens (tertiary/aromatic N) is 1. The van der Waals surface area contributed by atoms with Gasteiger partial charge in [-0.25, -0.2) is 4.98 Å². The highest BCUT2D eigenvalue weighted by Gasteiger charge is 2.11. The van der Waals surface area contributed by atoms with Gasteiger partial charge in [0.25, 0.3) is 5.91 Å². The summed E-state index contributed by atoms with van der Waals surface area (Å²) in [6, 6.07) is 7.77. The molecular weight excluding hydrogens is 309 g/mol. The Morgan fingerprint density at radius 3 is 2.63 bits per heavy atom. The highest BCUT2D eigenvalue weighted by atomic mass is 35.5. The van der Waals surface area contributed by atoms with Gasteiger partial charge in [0, 0.05) is 5.56 Å². The Morgan fingerprint density at radius 1 is 1.21 bits per heavy atom. The van der Waals surface area contributed by atoms with Gasteiger partial charge in [0.15, 0.2) is 0 Å². The van der Waals surface area contributed by atoms with E-state index in [0.29, 0.717) is 10.7 Å². The summed E-state index contributed by atoms with van der Waals surface area (Å²) in [5.41, 5.74) is 6.22. The number of anilines is 2. The van der Waals surface area contributed by atoms with E-state index in [1.54, 1.807) is 18.2 Å². The maximum atomic E-state index is 12.0. The smallest absolute Gasteiger partial charge is 0.255 e. The van der Waals surface area contributed by atoms with Gasteiger partial charge in [-0.15, -0.1) is 0 Å². The predicted molar refractivity (Wildman–Crippen MR) is 78.1 cm³/mol.